The van der Waals surface area contributed by atoms with Gasteiger partial charge in [0.2, 0.25) is 5.91 Å². The third-order valence-corrected chi connectivity index (χ3v) is 3.27. The van der Waals surface area contributed by atoms with Crippen molar-refractivity contribution in [3.05, 3.63) is 29.8 Å². The molecule has 1 heterocycles. The van der Waals surface area contributed by atoms with Gasteiger partial charge in [0.05, 0.1) is 7.11 Å². The first kappa shape index (κ1) is 12.9. The lowest BCUT2D eigenvalue weighted by Crippen LogP contribution is -2.34. The summed E-state index contributed by atoms with van der Waals surface area (Å²) in [5.74, 6) is 1.14. The molecule has 1 aliphatic rings. The smallest absolute Gasteiger partial charge is 0.227 e. The minimum Gasteiger partial charge on any atom is -0.497 e. The summed E-state index contributed by atoms with van der Waals surface area (Å²) in [5, 5.41) is 3.28. The lowest BCUT2D eigenvalue weighted by Gasteiger charge is -2.22. The molecule has 1 N–H and O–H groups in total. The van der Waals surface area contributed by atoms with E-state index in [2.05, 4.69) is 5.32 Å². The van der Waals surface area contributed by atoms with Gasteiger partial charge in [0.1, 0.15) is 5.75 Å². The number of hydrogen-bond acceptors (Lipinski definition) is 3. The van der Waals surface area contributed by atoms with E-state index in [-0.39, 0.29) is 11.8 Å². The second-order valence-corrected chi connectivity index (χ2v) is 4.71. The van der Waals surface area contributed by atoms with Crippen LogP contribution in [0.5, 0.6) is 5.75 Å². The van der Waals surface area contributed by atoms with E-state index in [1.54, 1.807) is 7.11 Å². The van der Waals surface area contributed by atoms with Gasteiger partial charge in [-0.05, 0) is 17.7 Å². The zero-order valence-corrected chi connectivity index (χ0v) is 11.0. The second-order valence-electron chi connectivity index (χ2n) is 4.71. The number of carbonyl (C=O) groups is 1. The van der Waals surface area contributed by atoms with Crippen molar-refractivity contribution in [3.8, 4) is 5.75 Å². The van der Waals surface area contributed by atoms with Gasteiger partial charge >= 0.3 is 0 Å². The molecule has 0 spiro atoms. The Bertz CT molecular complexity index is 403. The molecular formula is C14H20N2O2. The predicted molar refractivity (Wildman–Crippen MR) is 70.4 cm³/mol. The average molecular weight is 248 g/mol. The van der Waals surface area contributed by atoms with Crippen LogP contribution in [-0.4, -0.2) is 37.6 Å². The van der Waals surface area contributed by atoms with Gasteiger partial charge in [-0.3, -0.25) is 4.79 Å². The fraction of sp³-hybridized carbons (Fsp3) is 0.500. The van der Waals surface area contributed by atoms with Crippen LogP contribution < -0.4 is 10.1 Å². The van der Waals surface area contributed by atoms with Crippen LogP contribution >= 0.6 is 0 Å². The zero-order chi connectivity index (χ0) is 13.0. The molecule has 0 aliphatic carbocycles. The van der Waals surface area contributed by atoms with Crippen LogP contribution in [0, 0.1) is 5.92 Å². The SMILES string of the molecule is COc1ccc(CN2CCNCC(C)C2=O)cc1. The standard InChI is InChI=1S/C14H20N2O2/c1-11-9-15-7-8-16(14(11)17)10-12-3-5-13(18-2)6-4-12/h3-6,11,15H,7-10H2,1-2H3. The van der Waals surface area contributed by atoms with Gasteiger partial charge in [-0.25, -0.2) is 0 Å². The molecule has 98 valence electrons. The van der Waals surface area contributed by atoms with E-state index >= 15 is 0 Å². The third-order valence-electron chi connectivity index (χ3n) is 3.27. The molecule has 1 aromatic rings. The minimum atomic E-state index is 0.0609. The largest absolute Gasteiger partial charge is 0.497 e. The quantitative estimate of drug-likeness (QED) is 0.875. The van der Waals surface area contributed by atoms with Crippen LogP contribution in [0.4, 0.5) is 0 Å². The lowest BCUT2D eigenvalue weighted by molar-refractivity contribution is -0.134. The topological polar surface area (TPSA) is 41.6 Å². The van der Waals surface area contributed by atoms with Crippen molar-refractivity contribution in [1.82, 2.24) is 10.2 Å². The summed E-state index contributed by atoms with van der Waals surface area (Å²) >= 11 is 0. The molecular weight excluding hydrogens is 228 g/mol. The molecule has 4 nitrogen and oxygen atoms in total. The fourth-order valence-corrected chi connectivity index (χ4v) is 2.15. The first-order chi connectivity index (χ1) is 8.70. The van der Waals surface area contributed by atoms with E-state index in [1.807, 2.05) is 36.1 Å². The van der Waals surface area contributed by atoms with E-state index in [9.17, 15) is 4.79 Å². The van der Waals surface area contributed by atoms with Gasteiger partial charge in [0.25, 0.3) is 0 Å². The first-order valence-electron chi connectivity index (χ1n) is 6.33. The summed E-state index contributed by atoms with van der Waals surface area (Å²) in [6.45, 7) is 5.07. The van der Waals surface area contributed by atoms with Crippen LogP contribution in [0.25, 0.3) is 0 Å². The van der Waals surface area contributed by atoms with Crippen molar-refractivity contribution in [2.24, 2.45) is 5.92 Å². The summed E-state index contributed by atoms with van der Waals surface area (Å²) in [6.07, 6.45) is 0. The molecule has 1 fully saturated rings. The molecule has 1 saturated heterocycles. The Morgan fingerprint density at radius 1 is 1.39 bits per heavy atom. The molecule has 1 aliphatic heterocycles. The maximum atomic E-state index is 12.1. The van der Waals surface area contributed by atoms with Crippen molar-refractivity contribution >= 4 is 5.91 Å². The first-order valence-corrected chi connectivity index (χ1v) is 6.33. The van der Waals surface area contributed by atoms with Gasteiger partial charge < -0.3 is 15.0 Å². The Hall–Kier alpha value is -1.55. The van der Waals surface area contributed by atoms with Gasteiger partial charge in [0.15, 0.2) is 0 Å². The van der Waals surface area contributed by atoms with Gasteiger partial charge in [0, 0.05) is 32.1 Å². The number of benzene rings is 1. The molecule has 4 heteroatoms. The Labute approximate surface area is 108 Å². The monoisotopic (exact) mass is 248 g/mol. The normalized spacial score (nSPS) is 20.7. The Morgan fingerprint density at radius 3 is 2.78 bits per heavy atom. The molecule has 0 saturated carbocycles. The van der Waals surface area contributed by atoms with E-state index in [0.717, 1.165) is 30.9 Å². The van der Waals surface area contributed by atoms with Crippen molar-refractivity contribution < 1.29 is 9.53 Å². The molecule has 1 aromatic carbocycles. The molecule has 0 aromatic heterocycles. The highest BCUT2D eigenvalue weighted by atomic mass is 16.5. The van der Waals surface area contributed by atoms with Crippen LogP contribution in [0.2, 0.25) is 0 Å². The molecule has 1 unspecified atom stereocenters. The number of nitrogens with zero attached hydrogens (tertiary/aromatic N) is 1. The summed E-state index contributed by atoms with van der Waals surface area (Å²) in [5.41, 5.74) is 1.14. The van der Waals surface area contributed by atoms with Crippen molar-refractivity contribution in [2.75, 3.05) is 26.7 Å². The number of nitrogens with one attached hydrogen (secondary N) is 1. The van der Waals surface area contributed by atoms with Crippen molar-refractivity contribution in [3.63, 3.8) is 0 Å². The van der Waals surface area contributed by atoms with Crippen LogP contribution in [-0.2, 0) is 11.3 Å². The summed E-state index contributed by atoms with van der Waals surface area (Å²) in [6, 6.07) is 7.88. The number of hydrogen-bond donors (Lipinski definition) is 1. The fourth-order valence-electron chi connectivity index (χ4n) is 2.15. The van der Waals surface area contributed by atoms with Crippen molar-refractivity contribution in [2.45, 2.75) is 13.5 Å². The number of carbonyl (C=O) groups excluding carboxylic acids is 1. The van der Waals surface area contributed by atoms with Gasteiger partial charge in [-0.1, -0.05) is 19.1 Å². The van der Waals surface area contributed by atoms with Gasteiger partial charge in [-0.15, -0.1) is 0 Å². The molecule has 0 radical (unpaired) electrons. The van der Waals surface area contributed by atoms with Crippen LogP contribution in [0.3, 0.4) is 0 Å². The van der Waals surface area contributed by atoms with Crippen LogP contribution in [0.15, 0.2) is 24.3 Å². The highest BCUT2D eigenvalue weighted by Crippen LogP contribution is 2.14. The lowest BCUT2D eigenvalue weighted by atomic mass is 10.1. The van der Waals surface area contributed by atoms with Crippen LogP contribution in [0.1, 0.15) is 12.5 Å². The summed E-state index contributed by atoms with van der Waals surface area (Å²) < 4.78 is 5.13. The molecule has 2 rings (SSSR count). The predicted octanol–water partition coefficient (Wildman–Crippen LogP) is 1.26. The number of ether oxygens (including phenoxy) is 1. The third kappa shape index (κ3) is 3.01. The highest BCUT2D eigenvalue weighted by molar-refractivity contribution is 5.79. The van der Waals surface area contributed by atoms with E-state index < -0.39 is 0 Å². The molecule has 1 atom stereocenters. The number of amides is 1. The average Bonchev–Trinajstić information content (AvgIpc) is 2.55. The molecule has 18 heavy (non-hydrogen) atoms. The van der Waals surface area contributed by atoms with E-state index in [1.165, 1.54) is 0 Å². The maximum Gasteiger partial charge on any atom is 0.227 e. The summed E-state index contributed by atoms with van der Waals surface area (Å²) in [4.78, 5) is 14.1. The van der Waals surface area contributed by atoms with Gasteiger partial charge in [-0.2, -0.15) is 0 Å². The summed E-state index contributed by atoms with van der Waals surface area (Å²) in [7, 11) is 1.65. The minimum absolute atomic E-state index is 0.0609. The Morgan fingerprint density at radius 2 is 2.11 bits per heavy atom. The van der Waals surface area contributed by atoms with E-state index in [4.69, 9.17) is 4.74 Å². The second kappa shape index (κ2) is 5.87. The zero-order valence-electron chi connectivity index (χ0n) is 11.0. The molecule has 0 bridgehead atoms. The Kier molecular flexibility index (Phi) is 4.20. The Balaban J connectivity index is 2.04. The van der Waals surface area contributed by atoms with E-state index in [0.29, 0.717) is 6.54 Å². The highest BCUT2D eigenvalue weighted by Gasteiger charge is 2.22. The number of rotatable bonds is 3. The number of methoxy groups -OCH3 is 1. The maximum absolute atomic E-state index is 12.1. The van der Waals surface area contributed by atoms with Crippen molar-refractivity contribution in [1.29, 1.82) is 0 Å². The molecule has 1 amide bonds.